The number of para-hydroxylation sites is 1. The Hall–Kier alpha value is -1.63. The van der Waals surface area contributed by atoms with Crippen LogP contribution in [0, 0.1) is 9.39 Å². The molecule has 0 saturated carbocycles. The molecule has 2 aromatic rings. The van der Waals surface area contributed by atoms with E-state index in [0.717, 1.165) is 5.69 Å². The summed E-state index contributed by atoms with van der Waals surface area (Å²) in [5.74, 6) is -0.488. The number of hydrogen-bond donors (Lipinski definition) is 2. The van der Waals surface area contributed by atoms with E-state index in [2.05, 4.69) is 10.6 Å². The molecule has 0 unspecified atom stereocenters. The summed E-state index contributed by atoms with van der Waals surface area (Å²) in [5, 5.41) is 5.74. The molecule has 0 saturated heterocycles. The molecule has 0 heterocycles. The van der Waals surface area contributed by atoms with Crippen LogP contribution >= 0.6 is 22.6 Å². The minimum absolute atomic E-state index is 0.164. The standard InChI is InChI=1S/C14H12FIN2O/c15-10-6-7-13(12(16)8-10)18-14(19)9-17-11-4-2-1-3-5-11/h1-8,17H,9H2,(H,18,19). The zero-order valence-electron chi connectivity index (χ0n) is 9.99. The third-order valence-electron chi connectivity index (χ3n) is 2.43. The second kappa shape index (κ2) is 6.51. The van der Waals surface area contributed by atoms with Crippen LogP contribution in [0.4, 0.5) is 15.8 Å². The van der Waals surface area contributed by atoms with Crippen molar-refractivity contribution in [3.63, 3.8) is 0 Å². The maximum absolute atomic E-state index is 12.9. The topological polar surface area (TPSA) is 41.1 Å². The highest BCUT2D eigenvalue weighted by atomic mass is 127. The summed E-state index contributed by atoms with van der Waals surface area (Å²) in [5.41, 5.74) is 1.49. The molecule has 0 radical (unpaired) electrons. The molecule has 2 rings (SSSR count). The highest BCUT2D eigenvalue weighted by Crippen LogP contribution is 2.18. The summed E-state index contributed by atoms with van der Waals surface area (Å²) in [6.07, 6.45) is 0. The highest BCUT2D eigenvalue weighted by Gasteiger charge is 2.06. The maximum atomic E-state index is 12.9. The molecule has 0 atom stereocenters. The van der Waals surface area contributed by atoms with Crippen LogP contribution in [0.2, 0.25) is 0 Å². The van der Waals surface area contributed by atoms with Gasteiger partial charge in [-0.15, -0.1) is 0 Å². The minimum Gasteiger partial charge on any atom is -0.376 e. The van der Waals surface area contributed by atoms with Crippen LogP contribution in [0.1, 0.15) is 0 Å². The fourth-order valence-electron chi connectivity index (χ4n) is 1.52. The second-order valence-corrected chi connectivity index (χ2v) is 5.05. The van der Waals surface area contributed by atoms with E-state index >= 15 is 0 Å². The van der Waals surface area contributed by atoms with Crippen LogP contribution in [-0.2, 0) is 4.79 Å². The lowest BCUT2D eigenvalue weighted by Crippen LogP contribution is -2.22. The Morgan fingerprint density at radius 3 is 2.58 bits per heavy atom. The van der Waals surface area contributed by atoms with Crippen molar-refractivity contribution < 1.29 is 9.18 Å². The summed E-state index contributed by atoms with van der Waals surface area (Å²) in [4.78, 5) is 11.8. The van der Waals surface area contributed by atoms with Gasteiger partial charge in [0.05, 0.1) is 12.2 Å². The zero-order chi connectivity index (χ0) is 13.7. The van der Waals surface area contributed by atoms with E-state index in [9.17, 15) is 9.18 Å². The zero-order valence-corrected chi connectivity index (χ0v) is 12.1. The van der Waals surface area contributed by atoms with Gasteiger partial charge in [-0.05, 0) is 52.9 Å². The summed E-state index contributed by atoms with van der Waals surface area (Å²) in [6.45, 7) is 0.164. The summed E-state index contributed by atoms with van der Waals surface area (Å²) in [6, 6.07) is 13.7. The van der Waals surface area contributed by atoms with Gasteiger partial charge in [0, 0.05) is 9.26 Å². The second-order valence-electron chi connectivity index (χ2n) is 3.89. The Morgan fingerprint density at radius 2 is 1.89 bits per heavy atom. The largest absolute Gasteiger partial charge is 0.376 e. The van der Waals surface area contributed by atoms with E-state index in [1.807, 2.05) is 52.9 Å². The first kappa shape index (κ1) is 13.8. The Morgan fingerprint density at radius 1 is 1.16 bits per heavy atom. The lowest BCUT2D eigenvalue weighted by atomic mass is 10.3. The Bertz CT molecular complexity index is 575. The maximum Gasteiger partial charge on any atom is 0.243 e. The van der Waals surface area contributed by atoms with E-state index in [4.69, 9.17) is 0 Å². The third-order valence-corrected chi connectivity index (χ3v) is 3.32. The van der Waals surface area contributed by atoms with Crippen molar-refractivity contribution in [2.75, 3.05) is 17.2 Å². The van der Waals surface area contributed by atoms with Gasteiger partial charge in [0.1, 0.15) is 5.82 Å². The molecule has 0 aliphatic carbocycles. The SMILES string of the molecule is O=C(CNc1ccccc1)Nc1ccc(F)cc1I. The van der Waals surface area contributed by atoms with Gasteiger partial charge >= 0.3 is 0 Å². The van der Waals surface area contributed by atoms with Crippen molar-refractivity contribution in [3.05, 3.63) is 57.9 Å². The fraction of sp³-hybridized carbons (Fsp3) is 0.0714. The molecule has 2 N–H and O–H groups in total. The van der Waals surface area contributed by atoms with E-state index in [1.54, 1.807) is 6.07 Å². The van der Waals surface area contributed by atoms with Crippen LogP contribution in [0.3, 0.4) is 0 Å². The molecular weight excluding hydrogens is 358 g/mol. The normalized spacial score (nSPS) is 10.0. The predicted octanol–water partition coefficient (Wildman–Crippen LogP) is 3.48. The lowest BCUT2D eigenvalue weighted by molar-refractivity contribution is -0.114. The molecule has 0 bridgehead atoms. The number of amides is 1. The first-order valence-corrected chi connectivity index (χ1v) is 6.77. The Labute approximate surface area is 124 Å². The molecule has 3 nitrogen and oxygen atoms in total. The number of rotatable bonds is 4. The molecule has 19 heavy (non-hydrogen) atoms. The Kier molecular flexibility index (Phi) is 4.73. The Balaban J connectivity index is 1.91. The molecule has 2 aromatic carbocycles. The number of carbonyl (C=O) groups is 1. The summed E-state index contributed by atoms with van der Waals surface area (Å²) < 4.78 is 13.6. The molecular formula is C14H12FIN2O. The van der Waals surface area contributed by atoms with Crippen molar-refractivity contribution >= 4 is 39.9 Å². The van der Waals surface area contributed by atoms with Crippen molar-refractivity contribution in [2.24, 2.45) is 0 Å². The van der Waals surface area contributed by atoms with E-state index < -0.39 is 0 Å². The number of nitrogens with one attached hydrogen (secondary N) is 2. The van der Waals surface area contributed by atoms with Crippen LogP contribution in [0.15, 0.2) is 48.5 Å². The van der Waals surface area contributed by atoms with E-state index in [-0.39, 0.29) is 18.3 Å². The average molecular weight is 370 g/mol. The molecule has 0 aliphatic heterocycles. The van der Waals surface area contributed by atoms with Gasteiger partial charge in [-0.25, -0.2) is 4.39 Å². The molecule has 0 aliphatic rings. The average Bonchev–Trinajstić information content (AvgIpc) is 2.41. The highest BCUT2D eigenvalue weighted by molar-refractivity contribution is 14.1. The predicted molar refractivity (Wildman–Crippen MR) is 82.7 cm³/mol. The van der Waals surface area contributed by atoms with Crippen molar-refractivity contribution in [2.45, 2.75) is 0 Å². The smallest absolute Gasteiger partial charge is 0.243 e. The quantitative estimate of drug-likeness (QED) is 0.810. The lowest BCUT2D eigenvalue weighted by Gasteiger charge is -2.09. The third kappa shape index (κ3) is 4.20. The number of hydrogen-bond acceptors (Lipinski definition) is 2. The van der Waals surface area contributed by atoms with Crippen LogP contribution < -0.4 is 10.6 Å². The minimum atomic E-state index is -0.315. The molecule has 98 valence electrons. The van der Waals surface area contributed by atoms with Crippen LogP contribution in [-0.4, -0.2) is 12.5 Å². The van der Waals surface area contributed by atoms with Gasteiger partial charge in [0.15, 0.2) is 0 Å². The van der Waals surface area contributed by atoms with Gasteiger partial charge in [-0.1, -0.05) is 18.2 Å². The van der Waals surface area contributed by atoms with Crippen LogP contribution in [0.5, 0.6) is 0 Å². The summed E-state index contributed by atoms with van der Waals surface area (Å²) >= 11 is 1.98. The van der Waals surface area contributed by atoms with E-state index in [1.165, 1.54) is 12.1 Å². The molecule has 0 fully saturated rings. The number of benzene rings is 2. The van der Waals surface area contributed by atoms with Gasteiger partial charge in [-0.3, -0.25) is 4.79 Å². The van der Waals surface area contributed by atoms with Gasteiger partial charge in [-0.2, -0.15) is 0 Å². The molecule has 1 amide bonds. The molecule has 0 aromatic heterocycles. The first-order valence-electron chi connectivity index (χ1n) is 5.69. The fourth-order valence-corrected chi connectivity index (χ4v) is 2.14. The molecule has 0 spiro atoms. The van der Waals surface area contributed by atoms with Crippen LogP contribution in [0.25, 0.3) is 0 Å². The number of halogens is 2. The number of anilines is 2. The van der Waals surface area contributed by atoms with Gasteiger partial charge in [0.2, 0.25) is 5.91 Å². The van der Waals surface area contributed by atoms with Gasteiger partial charge < -0.3 is 10.6 Å². The first-order chi connectivity index (χ1) is 9.15. The monoisotopic (exact) mass is 370 g/mol. The van der Waals surface area contributed by atoms with Gasteiger partial charge in [0.25, 0.3) is 0 Å². The molecule has 5 heteroatoms. The summed E-state index contributed by atoms with van der Waals surface area (Å²) in [7, 11) is 0. The van der Waals surface area contributed by atoms with E-state index in [0.29, 0.717) is 9.26 Å². The van der Waals surface area contributed by atoms with Crippen molar-refractivity contribution in [3.8, 4) is 0 Å². The van der Waals surface area contributed by atoms with Crippen molar-refractivity contribution in [1.29, 1.82) is 0 Å². The van der Waals surface area contributed by atoms with Crippen molar-refractivity contribution in [1.82, 2.24) is 0 Å². The number of carbonyl (C=O) groups excluding carboxylic acids is 1.